The third-order valence-corrected chi connectivity index (χ3v) is 4.28. The third-order valence-electron chi connectivity index (χ3n) is 4.28. The summed E-state index contributed by atoms with van der Waals surface area (Å²) in [5.41, 5.74) is 5.98. The molecule has 0 unspecified atom stereocenters. The Bertz CT molecular complexity index is 1030. The van der Waals surface area contributed by atoms with Gasteiger partial charge in [-0.3, -0.25) is 15.0 Å². The van der Waals surface area contributed by atoms with Gasteiger partial charge in [0.15, 0.2) is 0 Å². The lowest BCUT2D eigenvalue weighted by Gasteiger charge is -2.05. The van der Waals surface area contributed by atoms with Gasteiger partial charge < -0.3 is 0 Å². The average molecular weight is 371 g/mol. The second kappa shape index (κ2) is 9.13. The van der Waals surface area contributed by atoms with Crippen LogP contribution in [0.15, 0.2) is 67.4 Å². The minimum atomic E-state index is 0.402. The molecular formula is C23H25N5. The van der Waals surface area contributed by atoms with Crippen LogP contribution < -0.4 is 0 Å². The normalized spacial score (nSPS) is 10.8. The number of benzene rings is 1. The molecule has 5 nitrogen and oxygen atoms in total. The van der Waals surface area contributed by atoms with E-state index in [0.29, 0.717) is 11.8 Å². The predicted molar refractivity (Wildman–Crippen MR) is 113 cm³/mol. The van der Waals surface area contributed by atoms with Crippen molar-refractivity contribution in [2.24, 2.45) is 0 Å². The molecule has 3 heterocycles. The number of fused-ring (bicyclic) bond motifs is 1. The summed E-state index contributed by atoms with van der Waals surface area (Å²) in [5.74, 6) is 0.844. The Morgan fingerprint density at radius 2 is 1.29 bits per heavy atom. The first-order valence-electron chi connectivity index (χ1n) is 9.48. The molecule has 0 atom stereocenters. The van der Waals surface area contributed by atoms with Gasteiger partial charge in [0.25, 0.3) is 0 Å². The maximum absolute atomic E-state index is 4.55. The Morgan fingerprint density at radius 1 is 0.643 bits per heavy atom. The Balaban J connectivity index is 0.000000162. The molecule has 0 saturated heterocycles. The van der Waals surface area contributed by atoms with Crippen molar-refractivity contribution in [3.05, 3.63) is 78.8 Å². The maximum Gasteiger partial charge on any atom is 0.0890 e. The molecule has 0 bridgehead atoms. The van der Waals surface area contributed by atoms with Crippen LogP contribution in [-0.2, 0) is 0 Å². The highest BCUT2D eigenvalue weighted by atomic mass is 14.8. The van der Waals surface area contributed by atoms with E-state index >= 15 is 0 Å². The van der Waals surface area contributed by atoms with Crippen molar-refractivity contribution < 1.29 is 0 Å². The molecule has 0 radical (unpaired) electrons. The number of aromatic nitrogens is 5. The van der Waals surface area contributed by atoms with E-state index in [1.165, 1.54) is 0 Å². The monoisotopic (exact) mass is 371 g/mol. The van der Waals surface area contributed by atoms with Gasteiger partial charge in [-0.15, -0.1) is 0 Å². The summed E-state index contributed by atoms with van der Waals surface area (Å²) < 4.78 is 0. The fourth-order valence-electron chi connectivity index (χ4n) is 2.57. The van der Waals surface area contributed by atoms with Crippen LogP contribution >= 0.6 is 0 Å². The van der Waals surface area contributed by atoms with Gasteiger partial charge in [-0.25, -0.2) is 9.97 Å². The summed E-state index contributed by atoms with van der Waals surface area (Å²) in [4.78, 5) is 21.6. The first-order valence-corrected chi connectivity index (χ1v) is 9.48. The zero-order chi connectivity index (χ0) is 19.9. The lowest BCUT2D eigenvalue weighted by Crippen LogP contribution is -1.95. The first kappa shape index (κ1) is 19.5. The van der Waals surface area contributed by atoms with Gasteiger partial charge in [-0.1, -0.05) is 39.8 Å². The van der Waals surface area contributed by atoms with Gasteiger partial charge in [0, 0.05) is 30.4 Å². The van der Waals surface area contributed by atoms with Crippen LogP contribution in [0, 0.1) is 0 Å². The summed E-state index contributed by atoms with van der Waals surface area (Å²) in [7, 11) is 0. The van der Waals surface area contributed by atoms with Gasteiger partial charge in [-0.2, -0.15) is 0 Å². The summed E-state index contributed by atoms with van der Waals surface area (Å²) in [6.07, 6.45) is 8.97. The maximum atomic E-state index is 4.55. The quantitative estimate of drug-likeness (QED) is 0.481. The molecule has 142 valence electrons. The number of hydrogen-bond acceptors (Lipinski definition) is 5. The molecule has 0 N–H and O–H groups in total. The number of rotatable bonds is 3. The van der Waals surface area contributed by atoms with E-state index in [-0.39, 0.29) is 0 Å². The molecule has 0 aliphatic carbocycles. The van der Waals surface area contributed by atoms with Crippen molar-refractivity contribution in [2.45, 2.75) is 39.5 Å². The topological polar surface area (TPSA) is 64.5 Å². The van der Waals surface area contributed by atoms with Gasteiger partial charge >= 0.3 is 0 Å². The Kier molecular flexibility index (Phi) is 6.37. The Labute approximate surface area is 166 Å². The molecule has 4 aromatic rings. The zero-order valence-electron chi connectivity index (χ0n) is 16.7. The van der Waals surface area contributed by atoms with Crippen LogP contribution in [0.5, 0.6) is 0 Å². The van der Waals surface area contributed by atoms with Crippen molar-refractivity contribution in [3.8, 4) is 11.3 Å². The zero-order valence-corrected chi connectivity index (χ0v) is 16.7. The van der Waals surface area contributed by atoms with Crippen LogP contribution in [0.1, 0.15) is 50.9 Å². The minimum Gasteiger partial charge on any atom is -0.265 e. The van der Waals surface area contributed by atoms with Crippen molar-refractivity contribution in [1.29, 1.82) is 0 Å². The second-order valence-electron chi connectivity index (χ2n) is 7.16. The fourth-order valence-corrected chi connectivity index (χ4v) is 2.57. The van der Waals surface area contributed by atoms with E-state index in [2.05, 4.69) is 52.6 Å². The smallest absolute Gasteiger partial charge is 0.0890 e. The van der Waals surface area contributed by atoms with E-state index in [4.69, 9.17) is 0 Å². The van der Waals surface area contributed by atoms with E-state index in [9.17, 15) is 0 Å². The van der Waals surface area contributed by atoms with Crippen LogP contribution in [0.4, 0.5) is 0 Å². The van der Waals surface area contributed by atoms with Gasteiger partial charge in [0.05, 0.1) is 34.3 Å². The highest BCUT2D eigenvalue weighted by Gasteiger charge is 2.04. The lowest BCUT2D eigenvalue weighted by molar-refractivity contribution is 0.814. The molecule has 3 aromatic heterocycles. The van der Waals surface area contributed by atoms with Crippen LogP contribution in [-0.4, -0.2) is 24.9 Å². The van der Waals surface area contributed by atoms with E-state index in [1.54, 1.807) is 18.6 Å². The van der Waals surface area contributed by atoms with E-state index in [0.717, 1.165) is 33.7 Å². The lowest BCUT2D eigenvalue weighted by atomic mass is 10.1. The van der Waals surface area contributed by atoms with Crippen molar-refractivity contribution in [3.63, 3.8) is 0 Å². The molecule has 0 fully saturated rings. The Hall–Kier alpha value is -3.21. The molecule has 0 aliphatic heterocycles. The summed E-state index contributed by atoms with van der Waals surface area (Å²) in [6.45, 7) is 8.47. The standard InChI is InChI=1S/C12H13N3.C11H12N2/c1-9(2)11-7-14-8-12(15-11)10-3-5-13-6-4-10;1-8(2)11-7-12-9-5-3-4-6-10(9)13-11/h3-9H,1-2H3;3-8H,1-2H3. The molecule has 28 heavy (non-hydrogen) atoms. The van der Waals surface area contributed by atoms with Crippen LogP contribution in [0.2, 0.25) is 0 Å². The summed E-state index contributed by atoms with van der Waals surface area (Å²) in [6, 6.07) is 11.8. The summed E-state index contributed by atoms with van der Waals surface area (Å²) in [5, 5.41) is 0. The molecule has 1 aromatic carbocycles. The SMILES string of the molecule is CC(C)c1cnc2ccccc2n1.CC(C)c1cncc(-c2ccncc2)n1. The third kappa shape index (κ3) is 4.94. The average Bonchev–Trinajstić information content (AvgIpc) is 2.74. The first-order chi connectivity index (χ1) is 13.5. The van der Waals surface area contributed by atoms with Crippen LogP contribution in [0.3, 0.4) is 0 Å². The van der Waals surface area contributed by atoms with E-state index < -0.39 is 0 Å². The molecule has 0 saturated carbocycles. The second-order valence-corrected chi connectivity index (χ2v) is 7.16. The van der Waals surface area contributed by atoms with Crippen molar-refractivity contribution in [2.75, 3.05) is 0 Å². The fraction of sp³-hybridized carbons (Fsp3) is 0.261. The van der Waals surface area contributed by atoms with Crippen LogP contribution in [0.25, 0.3) is 22.3 Å². The number of pyridine rings is 1. The van der Waals surface area contributed by atoms with Gasteiger partial charge in [0.2, 0.25) is 0 Å². The molecule has 0 aliphatic rings. The highest BCUT2D eigenvalue weighted by Crippen LogP contribution is 2.18. The molecule has 4 rings (SSSR count). The molecular weight excluding hydrogens is 346 g/mol. The molecule has 0 amide bonds. The molecule has 0 spiro atoms. The largest absolute Gasteiger partial charge is 0.265 e. The number of para-hydroxylation sites is 2. The number of hydrogen-bond donors (Lipinski definition) is 0. The number of nitrogens with zero attached hydrogens (tertiary/aromatic N) is 5. The summed E-state index contributed by atoms with van der Waals surface area (Å²) >= 11 is 0. The minimum absolute atomic E-state index is 0.402. The van der Waals surface area contributed by atoms with Crippen molar-refractivity contribution in [1.82, 2.24) is 24.9 Å². The highest BCUT2D eigenvalue weighted by molar-refractivity contribution is 5.73. The van der Waals surface area contributed by atoms with Crippen molar-refractivity contribution >= 4 is 11.0 Å². The predicted octanol–water partition coefficient (Wildman–Crippen LogP) is 5.42. The molecule has 5 heteroatoms. The van der Waals surface area contributed by atoms with E-state index in [1.807, 2.05) is 48.8 Å². The van der Waals surface area contributed by atoms with Gasteiger partial charge in [0.1, 0.15) is 0 Å². The Morgan fingerprint density at radius 3 is 1.96 bits per heavy atom. The van der Waals surface area contributed by atoms with Gasteiger partial charge in [-0.05, 0) is 36.1 Å².